The van der Waals surface area contributed by atoms with Crippen LogP contribution >= 0.6 is 0 Å². The van der Waals surface area contributed by atoms with Gasteiger partial charge in [-0.05, 0) is 60.2 Å². The molecule has 0 saturated carbocycles. The first-order valence-electron chi connectivity index (χ1n) is 11.8. The number of hydrogen-bond acceptors (Lipinski definition) is 6. The van der Waals surface area contributed by atoms with Crippen molar-refractivity contribution in [2.75, 3.05) is 27.4 Å². The fraction of sp³-hybridized carbons (Fsp3) is 0.720. The number of nitrogens with zero attached hydrogens (tertiary/aromatic N) is 3. The summed E-state index contributed by atoms with van der Waals surface area (Å²) in [6.45, 7) is 9.56. The van der Waals surface area contributed by atoms with Crippen LogP contribution in [0.1, 0.15) is 52.5 Å². The lowest BCUT2D eigenvalue weighted by atomic mass is 9.82. The molecule has 8 nitrogen and oxygen atoms in total. The Morgan fingerprint density at radius 3 is 2.52 bits per heavy atom. The Morgan fingerprint density at radius 2 is 1.94 bits per heavy atom. The molecule has 0 aliphatic carbocycles. The van der Waals surface area contributed by atoms with Gasteiger partial charge >= 0.3 is 5.97 Å². The SMILES string of the molecule is COCCCOc1cc(C[C@@H](C[C@@H](N=[N+]=[N-])[C@@H]2C[C@@H](C(C)C)C(=O)O2)C(C)C)ccc1OC. The van der Waals surface area contributed by atoms with E-state index >= 15 is 0 Å². The molecule has 1 aliphatic rings. The van der Waals surface area contributed by atoms with Crippen LogP contribution in [0.3, 0.4) is 0 Å². The molecular formula is C25H39N3O5. The molecular weight excluding hydrogens is 422 g/mol. The summed E-state index contributed by atoms with van der Waals surface area (Å²) >= 11 is 0. The van der Waals surface area contributed by atoms with Gasteiger partial charge in [0.15, 0.2) is 11.5 Å². The van der Waals surface area contributed by atoms with Crippen molar-refractivity contribution in [3.63, 3.8) is 0 Å². The summed E-state index contributed by atoms with van der Waals surface area (Å²) in [7, 11) is 3.30. The molecule has 0 spiro atoms. The maximum Gasteiger partial charge on any atom is 0.309 e. The normalized spacial score (nSPS) is 19.8. The van der Waals surface area contributed by atoms with Gasteiger partial charge in [0.25, 0.3) is 0 Å². The predicted molar refractivity (Wildman–Crippen MR) is 127 cm³/mol. The monoisotopic (exact) mass is 461 g/mol. The topological polar surface area (TPSA) is 103 Å². The molecule has 2 rings (SSSR count). The van der Waals surface area contributed by atoms with Crippen LogP contribution in [0, 0.1) is 23.7 Å². The number of azide groups is 1. The van der Waals surface area contributed by atoms with Crippen LogP contribution < -0.4 is 9.47 Å². The van der Waals surface area contributed by atoms with E-state index in [1.807, 2.05) is 32.0 Å². The number of methoxy groups -OCH3 is 2. The third-order valence-electron chi connectivity index (χ3n) is 6.45. The van der Waals surface area contributed by atoms with Crippen LogP contribution in [0.2, 0.25) is 0 Å². The number of carbonyl (C=O) groups excluding carboxylic acids is 1. The van der Waals surface area contributed by atoms with Crippen LogP contribution in [0.4, 0.5) is 0 Å². The van der Waals surface area contributed by atoms with Crippen molar-refractivity contribution in [2.24, 2.45) is 28.8 Å². The fourth-order valence-corrected chi connectivity index (χ4v) is 4.30. The van der Waals surface area contributed by atoms with E-state index in [2.05, 4.69) is 23.9 Å². The van der Waals surface area contributed by atoms with Gasteiger partial charge in [0.1, 0.15) is 6.10 Å². The molecule has 1 aromatic carbocycles. The van der Waals surface area contributed by atoms with Crippen molar-refractivity contribution in [1.29, 1.82) is 0 Å². The molecule has 8 heteroatoms. The maximum atomic E-state index is 12.3. The summed E-state index contributed by atoms with van der Waals surface area (Å²) in [5.74, 6) is 1.89. The zero-order valence-electron chi connectivity index (χ0n) is 20.8. The largest absolute Gasteiger partial charge is 0.493 e. The summed E-state index contributed by atoms with van der Waals surface area (Å²) < 4.78 is 22.1. The minimum Gasteiger partial charge on any atom is -0.493 e. The van der Waals surface area contributed by atoms with Gasteiger partial charge < -0.3 is 18.9 Å². The van der Waals surface area contributed by atoms with Crippen LogP contribution in [-0.4, -0.2) is 45.5 Å². The fourth-order valence-electron chi connectivity index (χ4n) is 4.30. The molecule has 184 valence electrons. The number of carbonyl (C=O) groups is 1. The number of esters is 1. The highest BCUT2D eigenvalue weighted by atomic mass is 16.6. The van der Waals surface area contributed by atoms with Gasteiger partial charge in [0, 0.05) is 25.0 Å². The lowest BCUT2D eigenvalue weighted by molar-refractivity contribution is -0.145. The molecule has 0 radical (unpaired) electrons. The van der Waals surface area contributed by atoms with Gasteiger partial charge in [-0.15, -0.1) is 0 Å². The third-order valence-corrected chi connectivity index (χ3v) is 6.45. The standard InChI is InChI=1S/C25H39N3O5/c1-16(2)19(14-21(27-28-26)23-15-20(17(3)4)25(29)33-23)12-18-8-9-22(31-6)24(13-18)32-11-7-10-30-5/h8-9,13,16-17,19-21,23H,7,10-12,14-15H2,1-6H3/t19-,20-,21+,23-/m0/s1. The Kier molecular flexibility index (Phi) is 10.8. The van der Waals surface area contributed by atoms with E-state index in [-0.39, 0.29) is 35.9 Å². The Hall–Kier alpha value is -2.44. The van der Waals surface area contributed by atoms with E-state index in [0.717, 1.165) is 18.4 Å². The minimum absolute atomic E-state index is 0.136. The molecule has 1 fully saturated rings. The maximum absolute atomic E-state index is 12.3. The van der Waals surface area contributed by atoms with Gasteiger partial charge in [0.2, 0.25) is 0 Å². The van der Waals surface area contributed by atoms with Crippen LogP contribution in [0.25, 0.3) is 10.4 Å². The first kappa shape index (κ1) is 26.8. The quantitative estimate of drug-likeness (QED) is 0.118. The van der Waals surface area contributed by atoms with Crippen LogP contribution in [-0.2, 0) is 20.7 Å². The molecule has 0 bridgehead atoms. The van der Waals surface area contributed by atoms with Gasteiger partial charge in [-0.2, -0.15) is 0 Å². The average molecular weight is 462 g/mol. The second-order valence-electron chi connectivity index (χ2n) is 9.46. The number of benzene rings is 1. The Labute approximate surface area is 197 Å². The first-order chi connectivity index (χ1) is 15.8. The summed E-state index contributed by atoms with van der Waals surface area (Å²) in [6.07, 6.45) is 2.48. The van der Waals surface area contributed by atoms with E-state index in [1.165, 1.54) is 0 Å². The Bertz CT molecular complexity index is 807. The van der Waals surface area contributed by atoms with E-state index in [4.69, 9.17) is 18.9 Å². The minimum atomic E-state index is -0.377. The smallest absolute Gasteiger partial charge is 0.309 e. The zero-order valence-corrected chi connectivity index (χ0v) is 20.8. The van der Waals surface area contributed by atoms with E-state index in [1.54, 1.807) is 14.2 Å². The molecule has 0 unspecified atom stereocenters. The Morgan fingerprint density at radius 1 is 1.18 bits per heavy atom. The summed E-state index contributed by atoms with van der Waals surface area (Å²) in [6, 6.07) is 5.62. The van der Waals surface area contributed by atoms with Crippen molar-refractivity contribution in [1.82, 2.24) is 0 Å². The molecule has 1 aliphatic heterocycles. The van der Waals surface area contributed by atoms with E-state index < -0.39 is 0 Å². The van der Waals surface area contributed by atoms with Gasteiger partial charge in [-0.25, -0.2) is 0 Å². The van der Waals surface area contributed by atoms with E-state index in [9.17, 15) is 10.3 Å². The summed E-state index contributed by atoms with van der Waals surface area (Å²) in [5.41, 5.74) is 10.3. The molecule has 4 atom stereocenters. The highest BCUT2D eigenvalue weighted by Crippen LogP contribution is 2.35. The lowest BCUT2D eigenvalue weighted by Crippen LogP contribution is -2.29. The summed E-state index contributed by atoms with van der Waals surface area (Å²) in [5, 5.41) is 4.05. The van der Waals surface area contributed by atoms with Crippen LogP contribution in [0.15, 0.2) is 23.3 Å². The number of rotatable bonds is 14. The molecule has 0 amide bonds. The highest BCUT2D eigenvalue weighted by Gasteiger charge is 2.40. The molecule has 1 saturated heterocycles. The first-order valence-corrected chi connectivity index (χ1v) is 11.8. The third kappa shape index (κ3) is 7.83. The molecule has 33 heavy (non-hydrogen) atoms. The average Bonchev–Trinajstić information content (AvgIpc) is 3.17. The molecule has 0 N–H and O–H groups in total. The van der Waals surface area contributed by atoms with Crippen LogP contribution in [0.5, 0.6) is 11.5 Å². The van der Waals surface area contributed by atoms with E-state index in [0.29, 0.717) is 43.5 Å². The predicted octanol–water partition coefficient (Wildman–Crippen LogP) is 5.58. The second kappa shape index (κ2) is 13.3. The number of hydrogen-bond donors (Lipinski definition) is 0. The van der Waals surface area contributed by atoms with Crippen molar-refractivity contribution in [3.05, 3.63) is 34.2 Å². The molecule has 0 aromatic heterocycles. The van der Waals surface area contributed by atoms with Crippen molar-refractivity contribution in [3.8, 4) is 11.5 Å². The lowest BCUT2D eigenvalue weighted by Gasteiger charge is -2.27. The highest BCUT2D eigenvalue weighted by molar-refractivity contribution is 5.75. The van der Waals surface area contributed by atoms with Crippen molar-refractivity contribution in [2.45, 2.75) is 65.5 Å². The number of cyclic esters (lactones) is 1. The second-order valence-corrected chi connectivity index (χ2v) is 9.46. The zero-order chi connectivity index (χ0) is 24.4. The van der Waals surface area contributed by atoms with Crippen molar-refractivity contribution < 1.29 is 23.7 Å². The molecule has 1 heterocycles. The molecule has 1 aromatic rings. The van der Waals surface area contributed by atoms with Gasteiger partial charge in [0.05, 0.1) is 25.7 Å². The summed E-state index contributed by atoms with van der Waals surface area (Å²) in [4.78, 5) is 15.3. The van der Waals surface area contributed by atoms with Gasteiger partial charge in [-0.1, -0.05) is 38.9 Å². The Balaban J connectivity index is 2.14. The van der Waals surface area contributed by atoms with Gasteiger partial charge in [-0.3, -0.25) is 4.79 Å². The number of ether oxygens (including phenoxy) is 4. The van der Waals surface area contributed by atoms with Crippen molar-refractivity contribution >= 4 is 5.97 Å².